The van der Waals surface area contributed by atoms with E-state index in [1.54, 1.807) is 0 Å². The Labute approximate surface area is 130 Å². The number of halogens is 3. The van der Waals surface area contributed by atoms with Crippen molar-refractivity contribution in [3.63, 3.8) is 0 Å². The standard InChI is InChI=1S/C16H13F3O4/c1-22-13-6-4-9(7-12(13)16(17,18)19)11-5-3-10(15(20)21)8-14(11)23-2/h3-8H,1-2H3,(H,20,21). The van der Waals surface area contributed by atoms with Gasteiger partial charge in [-0.2, -0.15) is 13.2 Å². The van der Waals surface area contributed by atoms with Crippen LogP contribution in [0.5, 0.6) is 11.5 Å². The van der Waals surface area contributed by atoms with Gasteiger partial charge in [0.15, 0.2) is 0 Å². The number of alkyl halides is 3. The summed E-state index contributed by atoms with van der Waals surface area (Å²) in [4.78, 5) is 11.0. The quantitative estimate of drug-likeness (QED) is 0.919. The lowest BCUT2D eigenvalue weighted by atomic mass is 9.99. The average molecular weight is 326 g/mol. The lowest BCUT2D eigenvalue weighted by Gasteiger charge is -2.15. The van der Waals surface area contributed by atoms with Crippen LogP contribution >= 0.6 is 0 Å². The van der Waals surface area contributed by atoms with Gasteiger partial charge in [0.05, 0.1) is 25.3 Å². The fourth-order valence-electron chi connectivity index (χ4n) is 2.16. The molecule has 0 bridgehead atoms. The van der Waals surface area contributed by atoms with Crippen LogP contribution in [0.4, 0.5) is 13.2 Å². The normalized spacial score (nSPS) is 11.2. The summed E-state index contributed by atoms with van der Waals surface area (Å²) in [5.41, 5.74) is -0.338. The molecular weight excluding hydrogens is 313 g/mol. The molecule has 0 spiro atoms. The van der Waals surface area contributed by atoms with Crippen molar-refractivity contribution < 1.29 is 32.5 Å². The first-order chi connectivity index (χ1) is 10.8. The van der Waals surface area contributed by atoms with E-state index in [-0.39, 0.29) is 22.6 Å². The Morgan fingerprint density at radius 3 is 2.17 bits per heavy atom. The van der Waals surface area contributed by atoms with Gasteiger partial charge in [0.2, 0.25) is 0 Å². The number of carboxylic acids is 1. The zero-order valence-electron chi connectivity index (χ0n) is 12.3. The smallest absolute Gasteiger partial charge is 0.419 e. The summed E-state index contributed by atoms with van der Waals surface area (Å²) >= 11 is 0. The van der Waals surface area contributed by atoms with Crippen LogP contribution in [-0.4, -0.2) is 25.3 Å². The summed E-state index contributed by atoms with van der Waals surface area (Å²) in [6.45, 7) is 0. The molecule has 0 aliphatic heterocycles. The van der Waals surface area contributed by atoms with E-state index in [4.69, 9.17) is 14.6 Å². The van der Waals surface area contributed by atoms with Crippen molar-refractivity contribution in [1.29, 1.82) is 0 Å². The third kappa shape index (κ3) is 3.39. The van der Waals surface area contributed by atoms with E-state index in [1.807, 2.05) is 0 Å². The number of aromatic carboxylic acids is 1. The number of hydrogen-bond acceptors (Lipinski definition) is 3. The van der Waals surface area contributed by atoms with Crippen molar-refractivity contribution in [2.24, 2.45) is 0 Å². The van der Waals surface area contributed by atoms with Gasteiger partial charge in [-0.15, -0.1) is 0 Å². The molecule has 2 rings (SSSR count). The second kappa shape index (κ2) is 6.20. The Hall–Kier alpha value is -2.70. The molecule has 23 heavy (non-hydrogen) atoms. The minimum absolute atomic E-state index is 0.0184. The molecule has 0 unspecified atom stereocenters. The highest BCUT2D eigenvalue weighted by Gasteiger charge is 2.34. The average Bonchev–Trinajstić information content (AvgIpc) is 2.52. The number of ether oxygens (including phenoxy) is 2. The lowest BCUT2D eigenvalue weighted by Crippen LogP contribution is -2.07. The van der Waals surface area contributed by atoms with Crippen molar-refractivity contribution in [2.45, 2.75) is 6.18 Å². The molecule has 0 atom stereocenters. The van der Waals surface area contributed by atoms with E-state index < -0.39 is 17.7 Å². The minimum atomic E-state index is -4.57. The van der Waals surface area contributed by atoms with Crippen LogP contribution < -0.4 is 9.47 Å². The van der Waals surface area contributed by atoms with Gasteiger partial charge in [0, 0.05) is 5.56 Å². The molecule has 0 aromatic heterocycles. The molecule has 122 valence electrons. The number of hydrogen-bond donors (Lipinski definition) is 1. The monoisotopic (exact) mass is 326 g/mol. The number of rotatable bonds is 4. The summed E-state index contributed by atoms with van der Waals surface area (Å²) in [6, 6.07) is 7.57. The summed E-state index contributed by atoms with van der Waals surface area (Å²) < 4.78 is 49.1. The third-order valence-corrected chi connectivity index (χ3v) is 3.26. The first kappa shape index (κ1) is 16.7. The van der Waals surface area contributed by atoms with Crippen molar-refractivity contribution in [3.05, 3.63) is 47.5 Å². The molecule has 4 nitrogen and oxygen atoms in total. The largest absolute Gasteiger partial charge is 0.496 e. The maximum Gasteiger partial charge on any atom is 0.419 e. The topological polar surface area (TPSA) is 55.8 Å². The van der Waals surface area contributed by atoms with Gasteiger partial charge >= 0.3 is 12.1 Å². The summed E-state index contributed by atoms with van der Waals surface area (Å²) in [7, 11) is 2.48. The van der Waals surface area contributed by atoms with Gasteiger partial charge in [0.1, 0.15) is 11.5 Å². The summed E-state index contributed by atoms with van der Waals surface area (Å²) in [6.07, 6.45) is -4.57. The fraction of sp³-hybridized carbons (Fsp3) is 0.188. The fourth-order valence-corrected chi connectivity index (χ4v) is 2.16. The van der Waals surface area contributed by atoms with Crippen molar-refractivity contribution in [3.8, 4) is 22.6 Å². The summed E-state index contributed by atoms with van der Waals surface area (Å²) in [5.74, 6) is -1.27. The second-order valence-corrected chi connectivity index (χ2v) is 4.63. The van der Waals surface area contributed by atoms with Gasteiger partial charge in [-0.1, -0.05) is 6.07 Å². The zero-order chi connectivity index (χ0) is 17.2. The van der Waals surface area contributed by atoms with Gasteiger partial charge in [-0.3, -0.25) is 0 Å². The maximum atomic E-state index is 13.1. The van der Waals surface area contributed by atoms with E-state index in [2.05, 4.69) is 0 Å². The number of carbonyl (C=O) groups is 1. The van der Waals surface area contributed by atoms with E-state index in [0.717, 1.165) is 13.2 Å². The Morgan fingerprint density at radius 2 is 1.65 bits per heavy atom. The Kier molecular flexibility index (Phi) is 4.49. The van der Waals surface area contributed by atoms with Gasteiger partial charge < -0.3 is 14.6 Å². The minimum Gasteiger partial charge on any atom is -0.496 e. The van der Waals surface area contributed by atoms with Crippen LogP contribution in [0.15, 0.2) is 36.4 Å². The molecule has 0 fully saturated rings. The predicted octanol–water partition coefficient (Wildman–Crippen LogP) is 4.09. The molecule has 7 heteroatoms. The Bertz CT molecular complexity index is 739. The van der Waals surface area contributed by atoms with Gasteiger partial charge in [-0.05, 0) is 35.9 Å². The van der Waals surface area contributed by atoms with E-state index in [0.29, 0.717) is 5.56 Å². The summed E-state index contributed by atoms with van der Waals surface area (Å²) in [5, 5.41) is 8.96. The SMILES string of the molecule is COc1cc(C(=O)O)ccc1-c1ccc(OC)c(C(F)(F)F)c1. The first-order valence-corrected chi connectivity index (χ1v) is 6.45. The van der Waals surface area contributed by atoms with Crippen LogP contribution in [0.1, 0.15) is 15.9 Å². The van der Waals surface area contributed by atoms with E-state index in [9.17, 15) is 18.0 Å². The molecule has 0 amide bonds. The zero-order valence-corrected chi connectivity index (χ0v) is 12.3. The van der Waals surface area contributed by atoms with Crippen molar-refractivity contribution in [1.82, 2.24) is 0 Å². The second-order valence-electron chi connectivity index (χ2n) is 4.63. The third-order valence-electron chi connectivity index (χ3n) is 3.26. The molecule has 0 saturated carbocycles. The van der Waals surface area contributed by atoms with Crippen LogP contribution in [-0.2, 0) is 6.18 Å². The lowest BCUT2D eigenvalue weighted by molar-refractivity contribution is -0.138. The number of benzene rings is 2. The van der Waals surface area contributed by atoms with Crippen LogP contribution in [0.3, 0.4) is 0 Å². The highest BCUT2D eigenvalue weighted by molar-refractivity contribution is 5.89. The first-order valence-electron chi connectivity index (χ1n) is 6.45. The van der Waals surface area contributed by atoms with E-state index >= 15 is 0 Å². The van der Waals surface area contributed by atoms with Gasteiger partial charge in [0.25, 0.3) is 0 Å². The van der Waals surface area contributed by atoms with Gasteiger partial charge in [-0.25, -0.2) is 4.79 Å². The van der Waals surface area contributed by atoms with Crippen molar-refractivity contribution >= 4 is 5.97 Å². The maximum absolute atomic E-state index is 13.1. The number of methoxy groups -OCH3 is 2. The highest BCUT2D eigenvalue weighted by Crippen LogP contribution is 2.40. The Balaban J connectivity index is 2.61. The number of carboxylic acid groups (broad SMARTS) is 1. The van der Waals surface area contributed by atoms with Crippen molar-refractivity contribution in [2.75, 3.05) is 14.2 Å². The molecule has 0 heterocycles. The highest BCUT2D eigenvalue weighted by atomic mass is 19.4. The van der Waals surface area contributed by atoms with Crippen LogP contribution in [0.2, 0.25) is 0 Å². The molecule has 2 aromatic rings. The van der Waals surface area contributed by atoms with Crippen LogP contribution in [0.25, 0.3) is 11.1 Å². The molecule has 0 aliphatic rings. The molecule has 0 saturated heterocycles. The molecule has 0 aliphatic carbocycles. The molecule has 0 radical (unpaired) electrons. The Morgan fingerprint density at radius 1 is 1.00 bits per heavy atom. The van der Waals surface area contributed by atoms with Crippen LogP contribution in [0, 0.1) is 0 Å². The predicted molar refractivity (Wildman–Crippen MR) is 76.9 cm³/mol. The molecule has 1 N–H and O–H groups in total. The molecule has 2 aromatic carbocycles. The molecular formula is C16H13F3O4. The van der Waals surface area contributed by atoms with E-state index in [1.165, 1.54) is 37.4 Å².